The van der Waals surface area contributed by atoms with Gasteiger partial charge >= 0.3 is 0 Å². The molecule has 0 fully saturated rings. The predicted molar refractivity (Wildman–Crippen MR) is 101 cm³/mol. The molecule has 1 N–H and O–H groups in total. The Labute approximate surface area is 153 Å². The third-order valence-electron chi connectivity index (χ3n) is 4.12. The van der Waals surface area contributed by atoms with Gasteiger partial charge in [-0.05, 0) is 47.9 Å². The van der Waals surface area contributed by atoms with E-state index in [4.69, 9.17) is 8.83 Å². The Bertz CT molecular complexity index is 771. The number of hydrogen-bond donors (Lipinski definition) is 1. The summed E-state index contributed by atoms with van der Waals surface area (Å²) in [5.74, 6) is 1.97. The highest BCUT2D eigenvalue weighted by molar-refractivity contribution is 5.92. The quantitative estimate of drug-likeness (QED) is 0.642. The Morgan fingerprint density at radius 3 is 2.19 bits per heavy atom. The number of nitrogens with zero attached hydrogens (tertiary/aromatic N) is 1. The van der Waals surface area contributed by atoms with E-state index in [9.17, 15) is 4.79 Å². The van der Waals surface area contributed by atoms with Gasteiger partial charge in [0.05, 0.1) is 32.2 Å². The lowest BCUT2D eigenvalue weighted by Crippen LogP contribution is -2.32. The van der Waals surface area contributed by atoms with Crippen LogP contribution in [0.5, 0.6) is 0 Å². The molecule has 0 aliphatic carbocycles. The van der Waals surface area contributed by atoms with Gasteiger partial charge in [-0.3, -0.25) is 9.69 Å². The Balaban J connectivity index is 1.65. The summed E-state index contributed by atoms with van der Waals surface area (Å²) in [5, 5.41) is 2.99. The lowest BCUT2D eigenvalue weighted by atomic mass is 10.0. The summed E-state index contributed by atoms with van der Waals surface area (Å²) in [6, 6.07) is 15.5. The fourth-order valence-corrected chi connectivity index (χ4v) is 2.79. The average Bonchev–Trinajstić information content (AvgIpc) is 3.29. The molecule has 2 aromatic heterocycles. The number of amides is 1. The Morgan fingerprint density at radius 2 is 1.65 bits per heavy atom. The molecule has 2 heterocycles. The van der Waals surface area contributed by atoms with E-state index in [0.717, 1.165) is 17.2 Å². The topological polar surface area (TPSA) is 58.6 Å². The maximum atomic E-state index is 12.5. The van der Waals surface area contributed by atoms with Gasteiger partial charge < -0.3 is 14.2 Å². The normalized spacial score (nSPS) is 11.2. The Hall–Kier alpha value is -2.79. The van der Waals surface area contributed by atoms with Crippen LogP contribution in [0.3, 0.4) is 0 Å². The van der Waals surface area contributed by atoms with Gasteiger partial charge in [-0.25, -0.2) is 0 Å². The first-order chi connectivity index (χ1) is 12.6. The fourth-order valence-electron chi connectivity index (χ4n) is 2.79. The molecule has 3 aromatic rings. The van der Waals surface area contributed by atoms with E-state index in [-0.39, 0.29) is 12.5 Å². The highest BCUT2D eigenvalue weighted by atomic mass is 16.3. The molecule has 5 heteroatoms. The van der Waals surface area contributed by atoms with Gasteiger partial charge in [0, 0.05) is 5.69 Å². The second kappa shape index (κ2) is 8.54. The van der Waals surface area contributed by atoms with E-state index in [1.54, 1.807) is 12.5 Å². The molecule has 26 heavy (non-hydrogen) atoms. The van der Waals surface area contributed by atoms with Crippen molar-refractivity contribution in [3.05, 3.63) is 78.1 Å². The van der Waals surface area contributed by atoms with E-state index in [1.807, 2.05) is 47.4 Å². The van der Waals surface area contributed by atoms with Crippen LogP contribution in [-0.2, 0) is 17.9 Å². The summed E-state index contributed by atoms with van der Waals surface area (Å²) in [7, 11) is 0. The van der Waals surface area contributed by atoms with Crippen LogP contribution >= 0.6 is 0 Å². The molecule has 3 rings (SSSR count). The van der Waals surface area contributed by atoms with Crippen molar-refractivity contribution in [3.8, 4) is 0 Å². The van der Waals surface area contributed by atoms with E-state index >= 15 is 0 Å². The number of nitrogens with one attached hydrogen (secondary N) is 1. The van der Waals surface area contributed by atoms with Gasteiger partial charge in [0.15, 0.2) is 0 Å². The van der Waals surface area contributed by atoms with Gasteiger partial charge in [-0.2, -0.15) is 0 Å². The van der Waals surface area contributed by atoms with Crippen molar-refractivity contribution in [3.63, 3.8) is 0 Å². The van der Waals surface area contributed by atoms with Crippen LogP contribution < -0.4 is 5.32 Å². The Kier molecular flexibility index (Phi) is 5.92. The molecule has 136 valence electrons. The number of anilines is 1. The highest BCUT2D eigenvalue weighted by Crippen LogP contribution is 2.19. The molecule has 5 nitrogen and oxygen atoms in total. The van der Waals surface area contributed by atoms with Crippen molar-refractivity contribution in [2.24, 2.45) is 0 Å². The van der Waals surface area contributed by atoms with Crippen molar-refractivity contribution >= 4 is 11.6 Å². The lowest BCUT2D eigenvalue weighted by Gasteiger charge is -2.19. The van der Waals surface area contributed by atoms with Crippen LogP contribution in [0.1, 0.15) is 36.8 Å². The first kappa shape index (κ1) is 18.0. The molecule has 0 aliphatic rings. The van der Waals surface area contributed by atoms with Crippen molar-refractivity contribution in [1.29, 1.82) is 0 Å². The SMILES string of the molecule is CC(C)c1cccc(NC(=O)CN(Cc2ccco2)Cc2ccco2)c1. The van der Waals surface area contributed by atoms with E-state index in [0.29, 0.717) is 19.0 Å². The molecule has 0 unspecified atom stereocenters. The van der Waals surface area contributed by atoms with Crippen LogP contribution in [0, 0.1) is 0 Å². The van der Waals surface area contributed by atoms with Gasteiger partial charge in [0.25, 0.3) is 0 Å². The maximum absolute atomic E-state index is 12.5. The molecular weight excluding hydrogens is 328 g/mol. The minimum Gasteiger partial charge on any atom is -0.468 e. The van der Waals surface area contributed by atoms with E-state index in [1.165, 1.54) is 5.56 Å². The van der Waals surface area contributed by atoms with Crippen LogP contribution in [0.4, 0.5) is 5.69 Å². The number of rotatable bonds is 8. The largest absolute Gasteiger partial charge is 0.468 e. The first-order valence-electron chi connectivity index (χ1n) is 8.77. The van der Waals surface area contributed by atoms with Crippen LogP contribution in [0.25, 0.3) is 0 Å². The lowest BCUT2D eigenvalue weighted by molar-refractivity contribution is -0.117. The van der Waals surface area contributed by atoms with Crippen LogP contribution in [-0.4, -0.2) is 17.4 Å². The van der Waals surface area contributed by atoms with Crippen molar-refractivity contribution in [2.45, 2.75) is 32.9 Å². The van der Waals surface area contributed by atoms with Gasteiger partial charge in [-0.15, -0.1) is 0 Å². The molecule has 0 saturated heterocycles. The first-order valence-corrected chi connectivity index (χ1v) is 8.77. The van der Waals surface area contributed by atoms with Crippen molar-refractivity contribution in [2.75, 3.05) is 11.9 Å². The standard InChI is InChI=1S/C21H24N2O3/c1-16(2)17-6-3-7-18(12-17)22-21(24)15-23(13-19-8-4-10-25-19)14-20-9-5-11-26-20/h3-12,16H,13-15H2,1-2H3,(H,22,24). The zero-order valence-corrected chi connectivity index (χ0v) is 15.1. The monoisotopic (exact) mass is 352 g/mol. The van der Waals surface area contributed by atoms with Crippen LogP contribution in [0.15, 0.2) is 69.9 Å². The number of furan rings is 2. The average molecular weight is 352 g/mol. The molecule has 0 aliphatic heterocycles. The smallest absolute Gasteiger partial charge is 0.238 e. The third-order valence-corrected chi connectivity index (χ3v) is 4.12. The summed E-state index contributed by atoms with van der Waals surface area (Å²) < 4.78 is 10.8. The Morgan fingerprint density at radius 1 is 1.00 bits per heavy atom. The number of carbonyl (C=O) groups excluding carboxylic acids is 1. The summed E-state index contributed by atoms with van der Waals surface area (Å²) in [5.41, 5.74) is 2.02. The molecule has 0 spiro atoms. The van der Waals surface area contributed by atoms with Crippen molar-refractivity contribution in [1.82, 2.24) is 4.90 Å². The molecule has 0 saturated carbocycles. The molecular formula is C21H24N2O3. The fraction of sp³-hybridized carbons (Fsp3) is 0.286. The van der Waals surface area contributed by atoms with Gasteiger partial charge in [0.2, 0.25) is 5.91 Å². The second-order valence-corrected chi connectivity index (χ2v) is 6.63. The summed E-state index contributed by atoms with van der Waals surface area (Å²) in [6.45, 7) is 5.58. The maximum Gasteiger partial charge on any atom is 0.238 e. The summed E-state index contributed by atoms with van der Waals surface area (Å²) in [4.78, 5) is 14.5. The molecule has 0 atom stereocenters. The minimum absolute atomic E-state index is 0.0657. The predicted octanol–water partition coefficient (Wildman–Crippen LogP) is 4.64. The third kappa shape index (κ3) is 5.10. The molecule has 1 amide bonds. The van der Waals surface area contributed by atoms with E-state index in [2.05, 4.69) is 25.2 Å². The van der Waals surface area contributed by atoms with Crippen LogP contribution in [0.2, 0.25) is 0 Å². The molecule has 0 bridgehead atoms. The summed E-state index contributed by atoms with van der Waals surface area (Å²) >= 11 is 0. The zero-order chi connectivity index (χ0) is 18.4. The minimum atomic E-state index is -0.0657. The summed E-state index contributed by atoms with van der Waals surface area (Å²) in [6.07, 6.45) is 3.27. The van der Waals surface area contributed by atoms with Gasteiger partial charge in [-0.1, -0.05) is 26.0 Å². The van der Waals surface area contributed by atoms with Gasteiger partial charge in [0.1, 0.15) is 11.5 Å². The second-order valence-electron chi connectivity index (χ2n) is 6.63. The number of hydrogen-bond acceptors (Lipinski definition) is 4. The molecule has 0 radical (unpaired) electrons. The zero-order valence-electron chi connectivity index (χ0n) is 15.1. The van der Waals surface area contributed by atoms with E-state index < -0.39 is 0 Å². The molecule has 1 aromatic carbocycles. The number of carbonyl (C=O) groups is 1. The van der Waals surface area contributed by atoms with Crippen molar-refractivity contribution < 1.29 is 13.6 Å². The highest BCUT2D eigenvalue weighted by Gasteiger charge is 2.15. The number of benzene rings is 1.